The van der Waals surface area contributed by atoms with Crippen molar-refractivity contribution in [3.05, 3.63) is 106 Å². The van der Waals surface area contributed by atoms with Crippen molar-refractivity contribution in [3.63, 3.8) is 0 Å². The van der Waals surface area contributed by atoms with Gasteiger partial charge >= 0.3 is 12.3 Å². The summed E-state index contributed by atoms with van der Waals surface area (Å²) in [6, 6.07) is 18.5. The van der Waals surface area contributed by atoms with E-state index in [4.69, 9.17) is 9.57 Å². The number of nitrogens with one attached hydrogen (secondary N) is 1. The molecule has 0 radical (unpaired) electrons. The van der Waals surface area contributed by atoms with Crippen molar-refractivity contribution in [3.8, 4) is 16.9 Å². The highest BCUT2D eigenvalue weighted by Crippen LogP contribution is 2.33. The number of carbonyl (C=O) groups excluding carboxylic acids is 3. The molecule has 4 aromatic rings. The van der Waals surface area contributed by atoms with E-state index < -0.39 is 46.0 Å². The maximum atomic E-state index is 13.5. The lowest BCUT2D eigenvalue weighted by Gasteiger charge is -2.19. The lowest BCUT2D eigenvalue weighted by Crippen LogP contribution is -2.39. The number of alkyl halides is 3. The fraction of sp³-hybridized carbons (Fsp3) is 0.250. The number of nitrogens with zero attached hydrogens (tertiary/aromatic N) is 6. The van der Waals surface area contributed by atoms with Crippen molar-refractivity contribution >= 4 is 27.9 Å². The standard InChI is InChI=1S/C32H30F3N7O8S/c1-20-9-11-22(12-10-20)27-19-28(32(33,34)35)36-41(27)23-13-15-24(16-14-23)51(47,48)37-31(45)49-18-6-17-39(3)42(46)38-50-21(2)40-29(43)25-7-4-5-8-26(25)30(40)44/h4-5,7-16,19,21H,6,17-18H2,1-3H3,(H,37,45)/b42-38-. The minimum atomic E-state index is -4.72. The minimum Gasteiger partial charge on any atom is -0.569 e. The third-order valence-corrected chi connectivity index (χ3v) is 8.89. The number of ether oxygens (including phenoxy) is 1. The third kappa shape index (κ3) is 8.09. The molecule has 19 heteroatoms. The number of rotatable bonds is 12. The number of hydrazine groups is 1. The van der Waals surface area contributed by atoms with Gasteiger partial charge in [0, 0.05) is 12.0 Å². The molecule has 1 atom stereocenters. The zero-order valence-electron chi connectivity index (χ0n) is 27.2. The van der Waals surface area contributed by atoms with E-state index in [9.17, 15) is 41.2 Å². The van der Waals surface area contributed by atoms with Gasteiger partial charge in [0.2, 0.25) is 11.5 Å². The van der Waals surface area contributed by atoms with E-state index in [0.717, 1.165) is 38.4 Å². The highest BCUT2D eigenvalue weighted by atomic mass is 32.2. The summed E-state index contributed by atoms with van der Waals surface area (Å²) in [5.41, 5.74) is 0.883. The Morgan fingerprint density at radius 2 is 1.65 bits per heavy atom. The summed E-state index contributed by atoms with van der Waals surface area (Å²) in [7, 11) is -3.11. The molecule has 1 unspecified atom stereocenters. The number of aromatic nitrogens is 2. The summed E-state index contributed by atoms with van der Waals surface area (Å²) in [4.78, 5) is 42.9. The molecule has 51 heavy (non-hydrogen) atoms. The largest absolute Gasteiger partial charge is 0.569 e. The molecule has 1 N–H and O–H groups in total. The number of hydrogen-bond acceptors (Lipinski definition) is 10. The first-order valence-corrected chi connectivity index (χ1v) is 16.6. The third-order valence-electron chi connectivity index (χ3n) is 7.57. The second-order valence-corrected chi connectivity index (χ2v) is 12.9. The summed E-state index contributed by atoms with van der Waals surface area (Å²) >= 11 is 0. The predicted octanol–water partition coefficient (Wildman–Crippen LogP) is 5.05. The van der Waals surface area contributed by atoms with Crippen LogP contribution >= 0.6 is 0 Å². The number of carbonyl (C=O) groups is 3. The summed E-state index contributed by atoms with van der Waals surface area (Å²) in [6.07, 6.45) is -7.19. The van der Waals surface area contributed by atoms with Crippen LogP contribution in [0.1, 0.15) is 45.3 Å². The lowest BCUT2D eigenvalue weighted by atomic mass is 10.1. The Bertz CT molecular complexity index is 2050. The van der Waals surface area contributed by atoms with Crippen molar-refractivity contribution in [1.82, 2.24) is 24.4 Å². The molecule has 1 aromatic heterocycles. The smallest absolute Gasteiger partial charge is 0.435 e. The minimum absolute atomic E-state index is 0.0344. The number of fused-ring (bicyclic) bond motifs is 1. The highest BCUT2D eigenvalue weighted by Gasteiger charge is 2.40. The number of halogens is 3. The van der Waals surface area contributed by atoms with Crippen molar-refractivity contribution in [2.45, 2.75) is 37.6 Å². The van der Waals surface area contributed by atoms with Gasteiger partial charge in [-0.15, -0.1) is 5.01 Å². The number of benzene rings is 3. The summed E-state index contributed by atoms with van der Waals surface area (Å²) in [5, 5.41) is 20.4. The van der Waals surface area contributed by atoms with Gasteiger partial charge in [0.1, 0.15) is 0 Å². The van der Waals surface area contributed by atoms with Gasteiger partial charge in [-0.3, -0.25) is 9.59 Å². The molecular formula is C32H30F3N7O8S. The van der Waals surface area contributed by atoms with Crippen LogP contribution in [0, 0.1) is 12.1 Å². The maximum Gasteiger partial charge on any atom is 0.435 e. The molecule has 0 saturated carbocycles. The lowest BCUT2D eigenvalue weighted by molar-refractivity contribution is -0.707. The predicted molar refractivity (Wildman–Crippen MR) is 171 cm³/mol. The Kier molecular flexibility index (Phi) is 10.3. The normalized spacial score (nSPS) is 13.9. The van der Waals surface area contributed by atoms with E-state index in [0.29, 0.717) is 5.56 Å². The van der Waals surface area contributed by atoms with E-state index >= 15 is 0 Å². The molecule has 0 spiro atoms. The highest BCUT2D eigenvalue weighted by molar-refractivity contribution is 7.90. The van der Waals surface area contributed by atoms with E-state index in [-0.39, 0.29) is 51.9 Å². The molecular weight excluding hydrogens is 699 g/mol. The number of amides is 3. The molecule has 5 rings (SSSR count). The fourth-order valence-electron chi connectivity index (χ4n) is 4.91. The first-order chi connectivity index (χ1) is 24.1. The average Bonchev–Trinajstić information content (AvgIpc) is 3.65. The van der Waals surface area contributed by atoms with Gasteiger partial charge in [0.25, 0.3) is 21.8 Å². The Hall–Kier alpha value is -5.98. The van der Waals surface area contributed by atoms with Crippen LogP contribution in [0.5, 0.6) is 0 Å². The Labute approximate surface area is 289 Å². The number of hydrogen-bond donors (Lipinski definition) is 1. The zero-order valence-corrected chi connectivity index (χ0v) is 28.0. The van der Waals surface area contributed by atoms with Crippen LogP contribution in [0.15, 0.2) is 89.0 Å². The molecule has 3 amide bonds. The SMILES string of the molecule is Cc1ccc(-c2cc(C(F)(F)F)nn2-c2ccc(S(=O)(=O)NC(=O)OCCCN(C)/[N+]([O-])=N/OC(C)N3C(=O)c4ccccc4C3=O)cc2)cc1. The van der Waals surface area contributed by atoms with Crippen LogP contribution in [0.25, 0.3) is 16.9 Å². The van der Waals surface area contributed by atoms with Gasteiger partial charge < -0.3 is 14.8 Å². The van der Waals surface area contributed by atoms with E-state index in [1.54, 1.807) is 41.1 Å². The second-order valence-electron chi connectivity index (χ2n) is 11.2. The number of aryl methyl sites for hydroxylation is 1. The Balaban J connectivity index is 1.12. The molecule has 15 nitrogen and oxygen atoms in total. The van der Waals surface area contributed by atoms with Crippen molar-refractivity contribution in [1.29, 1.82) is 0 Å². The van der Waals surface area contributed by atoms with Gasteiger partial charge in [-0.05, 0) is 56.3 Å². The van der Waals surface area contributed by atoms with Crippen molar-refractivity contribution < 1.29 is 50.5 Å². The van der Waals surface area contributed by atoms with Crippen molar-refractivity contribution in [2.24, 2.45) is 5.28 Å². The molecule has 1 aliphatic heterocycles. The summed E-state index contributed by atoms with van der Waals surface area (Å²) in [6.45, 7) is 2.85. The Morgan fingerprint density at radius 1 is 1.04 bits per heavy atom. The number of imide groups is 1. The van der Waals surface area contributed by atoms with Crippen LogP contribution in [0.3, 0.4) is 0 Å². The van der Waals surface area contributed by atoms with Crippen LogP contribution in [-0.2, 0) is 25.8 Å². The van der Waals surface area contributed by atoms with E-state index in [1.165, 1.54) is 38.2 Å². The average molecular weight is 730 g/mol. The molecule has 0 aliphatic carbocycles. The molecule has 3 aromatic carbocycles. The molecule has 1 aliphatic rings. The fourth-order valence-corrected chi connectivity index (χ4v) is 5.80. The molecule has 0 saturated heterocycles. The molecule has 268 valence electrons. The van der Waals surface area contributed by atoms with Crippen molar-refractivity contribution in [2.75, 3.05) is 20.2 Å². The van der Waals surface area contributed by atoms with Crippen LogP contribution in [0.2, 0.25) is 0 Å². The monoisotopic (exact) mass is 729 g/mol. The van der Waals surface area contributed by atoms with Crippen LogP contribution in [0.4, 0.5) is 18.0 Å². The second kappa shape index (κ2) is 14.5. The van der Waals surface area contributed by atoms with Gasteiger partial charge in [-0.1, -0.05) is 42.0 Å². The van der Waals surface area contributed by atoms with Crippen LogP contribution in [-0.4, -0.2) is 77.4 Å². The zero-order chi connectivity index (χ0) is 37.1. The first kappa shape index (κ1) is 36.3. The maximum absolute atomic E-state index is 13.5. The van der Waals surface area contributed by atoms with Crippen LogP contribution < -0.4 is 4.72 Å². The summed E-state index contributed by atoms with van der Waals surface area (Å²) < 4.78 is 73.8. The van der Waals surface area contributed by atoms with Gasteiger partial charge in [0.05, 0.1) is 52.6 Å². The van der Waals surface area contributed by atoms with Gasteiger partial charge in [0.15, 0.2) is 5.69 Å². The summed E-state index contributed by atoms with van der Waals surface area (Å²) in [5.74, 6) is -1.19. The Morgan fingerprint density at radius 3 is 2.24 bits per heavy atom. The first-order valence-electron chi connectivity index (χ1n) is 15.1. The molecule has 0 fully saturated rings. The molecule has 2 heterocycles. The molecule has 0 bridgehead atoms. The van der Waals surface area contributed by atoms with Gasteiger partial charge in [-0.25, -0.2) is 27.5 Å². The van der Waals surface area contributed by atoms with E-state index in [2.05, 4.69) is 10.4 Å². The topological polar surface area (TPSA) is 179 Å². The quantitative estimate of drug-likeness (QED) is 0.0682. The van der Waals surface area contributed by atoms with E-state index in [1.807, 2.05) is 6.92 Å². The van der Waals surface area contributed by atoms with Gasteiger partial charge in [-0.2, -0.15) is 18.3 Å². The number of sulfonamides is 1.